The summed E-state index contributed by atoms with van der Waals surface area (Å²) < 4.78 is 5.96. The molecule has 0 unspecified atom stereocenters. The highest BCUT2D eigenvalue weighted by molar-refractivity contribution is 14.1. The normalized spacial score (nSPS) is 21.2. The van der Waals surface area contributed by atoms with Gasteiger partial charge in [0.25, 0.3) is 0 Å². The molecule has 1 aliphatic rings. The van der Waals surface area contributed by atoms with Crippen molar-refractivity contribution in [1.82, 2.24) is 5.32 Å². The molecular weight excluding hydrogens is 385 g/mol. The molecule has 1 atom stereocenters. The van der Waals surface area contributed by atoms with Crippen molar-refractivity contribution in [2.45, 2.75) is 11.7 Å². The maximum Gasteiger partial charge on any atom is 0.239 e. The number of carboxylic acids is 1. The summed E-state index contributed by atoms with van der Waals surface area (Å²) in [7, 11) is 0. The third kappa shape index (κ3) is 4.06. The number of halogens is 1. The predicted molar refractivity (Wildman–Crippen MR) is 75.6 cm³/mol. The zero-order valence-corrected chi connectivity index (χ0v) is 12.3. The number of furan rings is 1. The maximum absolute atomic E-state index is 11.4. The van der Waals surface area contributed by atoms with Crippen LogP contribution >= 0.6 is 34.4 Å². The zero-order valence-electron chi connectivity index (χ0n) is 9.33. The lowest BCUT2D eigenvalue weighted by Gasteiger charge is -2.04. The molecule has 0 aromatic carbocycles. The van der Waals surface area contributed by atoms with Crippen LogP contribution in [0.1, 0.15) is 12.2 Å². The number of amides is 1. The van der Waals surface area contributed by atoms with Gasteiger partial charge < -0.3 is 19.6 Å². The standard InChI is InChI=1S/C10H8IN3O4S/c11-7-2-1-5(18-7)4-12-14-10-13-9(17)6(19-10)3-8(15)16/h1-2,4,6H,3H2,(H,15,16)(H,13,14,17)/p-1/b12-4-/t6-/m0/s1. The number of aliphatic carboxylic acids is 1. The fourth-order valence-corrected chi connectivity index (χ4v) is 2.62. The van der Waals surface area contributed by atoms with Gasteiger partial charge in [0.2, 0.25) is 5.91 Å². The van der Waals surface area contributed by atoms with Gasteiger partial charge in [0.05, 0.1) is 11.5 Å². The summed E-state index contributed by atoms with van der Waals surface area (Å²) in [5.74, 6) is -1.15. The molecule has 1 amide bonds. The summed E-state index contributed by atoms with van der Waals surface area (Å²) in [6.45, 7) is 0. The molecule has 0 radical (unpaired) electrons. The molecule has 1 aromatic rings. The highest BCUT2D eigenvalue weighted by Gasteiger charge is 2.30. The first-order chi connectivity index (χ1) is 9.04. The van der Waals surface area contributed by atoms with E-state index in [1.165, 1.54) is 6.21 Å². The van der Waals surface area contributed by atoms with Crippen LogP contribution in [0.25, 0.3) is 0 Å². The van der Waals surface area contributed by atoms with E-state index in [1.54, 1.807) is 12.1 Å². The fourth-order valence-electron chi connectivity index (χ4n) is 1.27. The van der Waals surface area contributed by atoms with Gasteiger partial charge in [-0.25, -0.2) is 0 Å². The van der Waals surface area contributed by atoms with Crippen molar-refractivity contribution in [3.8, 4) is 0 Å². The Hall–Kier alpha value is -1.36. The first-order valence-electron chi connectivity index (χ1n) is 5.08. The van der Waals surface area contributed by atoms with Crippen LogP contribution in [0.15, 0.2) is 26.8 Å². The van der Waals surface area contributed by atoms with Crippen LogP contribution in [0, 0.1) is 3.77 Å². The predicted octanol–water partition coefficient (Wildman–Crippen LogP) is -0.0543. The third-order valence-electron chi connectivity index (χ3n) is 2.06. The Kier molecular flexibility index (Phi) is 4.58. The molecule has 1 saturated heterocycles. The Labute approximate surface area is 125 Å². The molecule has 2 heterocycles. The van der Waals surface area contributed by atoms with Crippen molar-refractivity contribution >= 4 is 57.6 Å². The lowest BCUT2D eigenvalue weighted by atomic mass is 10.3. The minimum absolute atomic E-state index is 0.258. The van der Waals surface area contributed by atoms with Gasteiger partial charge in [-0.1, -0.05) is 11.8 Å². The Morgan fingerprint density at radius 1 is 1.63 bits per heavy atom. The van der Waals surface area contributed by atoms with E-state index in [1.807, 2.05) is 22.6 Å². The number of carbonyl (C=O) groups is 2. The van der Waals surface area contributed by atoms with E-state index in [-0.39, 0.29) is 11.6 Å². The van der Waals surface area contributed by atoms with Gasteiger partial charge in [-0.3, -0.25) is 4.79 Å². The van der Waals surface area contributed by atoms with Crippen LogP contribution in [0.2, 0.25) is 0 Å². The summed E-state index contributed by atoms with van der Waals surface area (Å²) >= 11 is 3.03. The van der Waals surface area contributed by atoms with Gasteiger partial charge in [0, 0.05) is 12.4 Å². The van der Waals surface area contributed by atoms with Gasteiger partial charge in [0.15, 0.2) is 8.93 Å². The number of amidine groups is 1. The molecule has 0 spiro atoms. The van der Waals surface area contributed by atoms with E-state index in [4.69, 9.17) is 4.42 Å². The van der Waals surface area contributed by atoms with Crippen LogP contribution < -0.4 is 10.4 Å². The van der Waals surface area contributed by atoms with Gasteiger partial charge in [0.1, 0.15) is 5.76 Å². The van der Waals surface area contributed by atoms with Crippen molar-refractivity contribution in [2.24, 2.45) is 10.2 Å². The lowest BCUT2D eigenvalue weighted by molar-refractivity contribution is -0.305. The molecule has 1 N–H and O–H groups in total. The average molecular weight is 392 g/mol. The van der Waals surface area contributed by atoms with Crippen molar-refractivity contribution in [3.05, 3.63) is 21.7 Å². The van der Waals surface area contributed by atoms with Crippen LogP contribution in [-0.2, 0) is 9.59 Å². The molecule has 19 heavy (non-hydrogen) atoms. The summed E-state index contributed by atoms with van der Waals surface area (Å²) in [6, 6.07) is 3.50. The first kappa shape index (κ1) is 14.1. The fraction of sp³-hybridized carbons (Fsp3) is 0.200. The Morgan fingerprint density at radius 2 is 2.42 bits per heavy atom. The average Bonchev–Trinajstić information content (AvgIpc) is 2.86. The summed E-state index contributed by atoms with van der Waals surface area (Å²) in [5.41, 5.74) is 0. The molecule has 9 heteroatoms. The monoisotopic (exact) mass is 392 g/mol. The summed E-state index contributed by atoms with van der Waals surface area (Å²) in [5, 5.41) is 19.9. The second-order valence-electron chi connectivity index (χ2n) is 3.46. The molecule has 100 valence electrons. The number of hydrogen-bond donors (Lipinski definition) is 1. The van der Waals surface area contributed by atoms with Crippen molar-refractivity contribution in [2.75, 3.05) is 0 Å². The Balaban J connectivity index is 1.96. The molecule has 0 aliphatic carbocycles. The molecule has 1 aliphatic heterocycles. The Bertz CT molecular complexity index is 569. The number of carbonyl (C=O) groups excluding carboxylic acids is 2. The van der Waals surface area contributed by atoms with E-state index in [0.29, 0.717) is 5.76 Å². The summed E-state index contributed by atoms with van der Waals surface area (Å²) in [4.78, 5) is 21.8. The highest BCUT2D eigenvalue weighted by atomic mass is 127. The molecule has 0 saturated carbocycles. The largest absolute Gasteiger partial charge is 0.550 e. The SMILES string of the molecule is O=C([O-])C[C@@H]1S/C(=N\N=C/c2ccc(I)o2)NC1=O. The number of nitrogens with zero attached hydrogens (tertiary/aromatic N) is 2. The van der Waals surface area contributed by atoms with Gasteiger partial charge in [-0.05, 0) is 34.7 Å². The van der Waals surface area contributed by atoms with Gasteiger partial charge in [-0.2, -0.15) is 5.10 Å². The zero-order chi connectivity index (χ0) is 13.8. The minimum Gasteiger partial charge on any atom is -0.550 e. The molecule has 1 fully saturated rings. The van der Waals surface area contributed by atoms with Crippen molar-refractivity contribution in [1.29, 1.82) is 0 Å². The molecule has 2 rings (SSSR count). The van der Waals surface area contributed by atoms with Crippen LogP contribution in [0.5, 0.6) is 0 Å². The van der Waals surface area contributed by atoms with Crippen molar-refractivity contribution < 1.29 is 19.1 Å². The number of hydrogen-bond acceptors (Lipinski definition) is 7. The minimum atomic E-state index is -1.28. The molecule has 1 aromatic heterocycles. The van der Waals surface area contributed by atoms with Crippen LogP contribution in [0.3, 0.4) is 0 Å². The quantitative estimate of drug-likeness (QED) is 0.439. The second-order valence-corrected chi connectivity index (χ2v) is 5.72. The van der Waals surface area contributed by atoms with Crippen LogP contribution in [-0.4, -0.2) is 28.5 Å². The summed E-state index contributed by atoms with van der Waals surface area (Å²) in [6.07, 6.45) is 1.05. The van der Waals surface area contributed by atoms with Crippen molar-refractivity contribution in [3.63, 3.8) is 0 Å². The number of nitrogens with one attached hydrogen (secondary N) is 1. The lowest BCUT2D eigenvalue weighted by Crippen LogP contribution is -2.31. The van der Waals surface area contributed by atoms with E-state index in [9.17, 15) is 14.7 Å². The van der Waals surface area contributed by atoms with E-state index >= 15 is 0 Å². The van der Waals surface area contributed by atoms with E-state index in [2.05, 4.69) is 15.5 Å². The maximum atomic E-state index is 11.4. The highest BCUT2D eigenvalue weighted by Crippen LogP contribution is 2.21. The third-order valence-corrected chi connectivity index (χ3v) is 3.71. The smallest absolute Gasteiger partial charge is 0.239 e. The Morgan fingerprint density at radius 3 is 3.05 bits per heavy atom. The number of carboxylic acid groups (broad SMARTS) is 1. The number of rotatable bonds is 4. The van der Waals surface area contributed by atoms with Crippen LogP contribution in [0.4, 0.5) is 0 Å². The topological polar surface area (TPSA) is 107 Å². The van der Waals surface area contributed by atoms with Gasteiger partial charge in [-0.15, -0.1) is 5.10 Å². The van der Waals surface area contributed by atoms with E-state index in [0.717, 1.165) is 15.5 Å². The van der Waals surface area contributed by atoms with Gasteiger partial charge >= 0.3 is 0 Å². The first-order valence-corrected chi connectivity index (χ1v) is 7.04. The molecule has 7 nitrogen and oxygen atoms in total. The molecule has 0 bridgehead atoms. The van der Waals surface area contributed by atoms with E-state index < -0.39 is 17.1 Å². The number of thioether (sulfide) groups is 1. The molecular formula is C10H7IN3O4S-. The second kappa shape index (κ2) is 6.19.